The van der Waals surface area contributed by atoms with Crippen LogP contribution in [0.2, 0.25) is 0 Å². The molecule has 0 radical (unpaired) electrons. The molecule has 100 valence electrons. The van der Waals surface area contributed by atoms with E-state index in [2.05, 4.69) is 10.4 Å². The number of carbonyl (C=O) groups excluding carboxylic acids is 1. The maximum Gasteiger partial charge on any atom is 0.322 e. The molecule has 0 aromatic carbocycles. The maximum atomic E-state index is 11.9. The van der Waals surface area contributed by atoms with Gasteiger partial charge in [0.05, 0.1) is 6.10 Å². The average Bonchev–Trinajstić information content (AvgIpc) is 2.89. The van der Waals surface area contributed by atoms with E-state index < -0.39 is 0 Å². The van der Waals surface area contributed by atoms with E-state index in [1.54, 1.807) is 35.9 Å². The molecule has 1 fully saturated rings. The van der Waals surface area contributed by atoms with Gasteiger partial charge in [0.15, 0.2) is 5.82 Å². The van der Waals surface area contributed by atoms with Crippen LogP contribution in [-0.2, 0) is 7.05 Å². The highest BCUT2D eigenvalue weighted by Gasteiger charge is 2.27. The molecule has 2 unspecified atom stereocenters. The largest absolute Gasteiger partial charge is 0.393 e. The normalized spacial score (nSPS) is 23.1. The van der Waals surface area contributed by atoms with Crippen molar-refractivity contribution in [3.05, 3.63) is 12.3 Å². The number of aliphatic hydroxyl groups is 1. The maximum absolute atomic E-state index is 11.9. The fourth-order valence-corrected chi connectivity index (χ4v) is 2.35. The van der Waals surface area contributed by atoms with Crippen LogP contribution in [0.15, 0.2) is 12.3 Å². The summed E-state index contributed by atoms with van der Waals surface area (Å²) in [6, 6.07) is 1.56. The van der Waals surface area contributed by atoms with Crippen molar-refractivity contribution in [2.45, 2.75) is 25.4 Å². The zero-order valence-electron chi connectivity index (χ0n) is 10.8. The number of amides is 2. The molecule has 2 atom stereocenters. The summed E-state index contributed by atoms with van der Waals surface area (Å²) in [4.78, 5) is 13.5. The monoisotopic (exact) mass is 252 g/mol. The van der Waals surface area contributed by atoms with E-state index in [4.69, 9.17) is 0 Å². The summed E-state index contributed by atoms with van der Waals surface area (Å²) in [7, 11) is 3.54. The number of aryl methyl sites for hydroxylation is 1. The van der Waals surface area contributed by atoms with Crippen molar-refractivity contribution in [1.29, 1.82) is 0 Å². The first-order valence-electron chi connectivity index (χ1n) is 6.26. The smallest absolute Gasteiger partial charge is 0.322 e. The molecule has 2 rings (SSSR count). The Kier molecular flexibility index (Phi) is 3.86. The Balaban J connectivity index is 1.84. The summed E-state index contributed by atoms with van der Waals surface area (Å²) in [5.41, 5.74) is 0. The third-order valence-electron chi connectivity index (χ3n) is 3.42. The molecular formula is C12H20N4O2. The third kappa shape index (κ3) is 3.01. The first-order chi connectivity index (χ1) is 8.56. The van der Waals surface area contributed by atoms with Gasteiger partial charge in [0.25, 0.3) is 0 Å². The second-order valence-electron chi connectivity index (χ2n) is 4.94. The molecule has 1 aliphatic rings. The van der Waals surface area contributed by atoms with Crippen molar-refractivity contribution >= 4 is 11.8 Å². The number of nitrogens with one attached hydrogen (secondary N) is 1. The standard InChI is InChI=1S/C12H20N4O2/c1-15(8-9-4-3-5-10(9)17)12(18)13-11-6-7-16(2)14-11/h6-7,9-10,17H,3-5,8H2,1-2H3,(H,13,14,18). The molecule has 2 amide bonds. The molecule has 1 aliphatic carbocycles. The van der Waals surface area contributed by atoms with Crippen LogP contribution >= 0.6 is 0 Å². The van der Waals surface area contributed by atoms with Crippen LogP contribution in [-0.4, -0.2) is 45.5 Å². The van der Waals surface area contributed by atoms with Gasteiger partial charge < -0.3 is 10.0 Å². The van der Waals surface area contributed by atoms with Crippen LogP contribution < -0.4 is 5.32 Å². The van der Waals surface area contributed by atoms with Crippen LogP contribution in [0.1, 0.15) is 19.3 Å². The van der Waals surface area contributed by atoms with Crippen LogP contribution in [0.5, 0.6) is 0 Å². The first kappa shape index (κ1) is 12.9. The molecule has 0 spiro atoms. The van der Waals surface area contributed by atoms with E-state index in [0.29, 0.717) is 12.4 Å². The highest BCUT2D eigenvalue weighted by molar-refractivity contribution is 5.88. The van der Waals surface area contributed by atoms with E-state index in [1.807, 2.05) is 0 Å². The summed E-state index contributed by atoms with van der Waals surface area (Å²) >= 11 is 0. The van der Waals surface area contributed by atoms with Gasteiger partial charge in [-0.25, -0.2) is 4.79 Å². The van der Waals surface area contributed by atoms with Gasteiger partial charge in [0, 0.05) is 38.8 Å². The molecule has 6 heteroatoms. The van der Waals surface area contributed by atoms with Gasteiger partial charge in [0.2, 0.25) is 0 Å². The first-order valence-corrected chi connectivity index (χ1v) is 6.26. The molecule has 18 heavy (non-hydrogen) atoms. The summed E-state index contributed by atoms with van der Waals surface area (Å²) in [6.45, 7) is 0.583. The Bertz CT molecular complexity index is 418. The van der Waals surface area contributed by atoms with Crippen molar-refractivity contribution in [2.24, 2.45) is 13.0 Å². The molecule has 1 aromatic heterocycles. The average molecular weight is 252 g/mol. The Morgan fingerprint density at radius 1 is 1.67 bits per heavy atom. The van der Waals surface area contributed by atoms with Crippen LogP contribution in [0.25, 0.3) is 0 Å². The van der Waals surface area contributed by atoms with Crippen LogP contribution in [0, 0.1) is 5.92 Å². The minimum Gasteiger partial charge on any atom is -0.393 e. The number of aromatic nitrogens is 2. The van der Waals surface area contributed by atoms with Gasteiger partial charge >= 0.3 is 6.03 Å². The lowest BCUT2D eigenvalue weighted by Crippen LogP contribution is -2.37. The highest BCUT2D eigenvalue weighted by Crippen LogP contribution is 2.26. The molecule has 6 nitrogen and oxygen atoms in total. The Morgan fingerprint density at radius 2 is 2.44 bits per heavy atom. The number of rotatable bonds is 3. The number of nitrogens with zero attached hydrogens (tertiary/aromatic N) is 3. The molecular weight excluding hydrogens is 232 g/mol. The van der Waals surface area contributed by atoms with Gasteiger partial charge in [-0.2, -0.15) is 5.10 Å². The van der Waals surface area contributed by atoms with Crippen molar-refractivity contribution in [1.82, 2.24) is 14.7 Å². The van der Waals surface area contributed by atoms with Gasteiger partial charge in [-0.1, -0.05) is 6.42 Å². The predicted molar refractivity (Wildman–Crippen MR) is 68.2 cm³/mol. The summed E-state index contributed by atoms with van der Waals surface area (Å²) < 4.78 is 1.64. The van der Waals surface area contributed by atoms with Crippen LogP contribution in [0.4, 0.5) is 10.6 Å². The fourth-order valence-electron chi connectivity index (χ4n) is 2.35. The van der Waals surface area contributed by atoms with Gasteiger partial charge in [-0.05, 0) is 12.8 Å². The Morgan fingerprint density at radius 3 is 3.00 bits per heavy atom. The molecule has 0 aliphatic heterocycles. The zero-order valence-corrected chi connectivity index (χ0v) is 10.8. The Labute approximate surface area is 107 Å². The highest BCUT2D eigenvalue weighted by atomic mass is 16.3. The minimum atomic E-state index is -0.268. The Hall–Kier alpha value is -1.56. The second kappa shape index (κ2) is 5.39. The molecule has 1 saturated carbocycles. The number of aliphatic hydroxyl groups excluding tert-OH is 1. The zero-order chi connectivity index (χ0) is 13.1. The molecule has 1 heterocycles. The van der Waals surface area contributed by atoms with Crippen molar-refractivity contribution in [3.63, 3.8) is 0 Å². The number of hydrogen-bond donors (Lipinski definition) is 2. The number of hydrogen-bond acceptors (Lipinski definition) is 3. The van der Waals surface area contributed by atoms with Gasteiger partial charge in [-0.3, -0.25) is 10.00 Å². The molecule has 0 bridgehead atoms. The van der Waals surface area contributed by atoms with E-state index in [9.17, 15) is 9.90 Å². The van der Waals surface area contributed by atoms with Crippen molar-refractivity contribution in [2.75, 3.05) is 18.9 Å². The third-order valence-corrected chi connectivity index (χ3v) is 3.42. The van der Waals surface area contributed by atoms with Gasteiger partial charge in [-0.15, -0.1) is 0 Å². The number of anilines is 1. The SMILES string of the molecule is CN(CC1CCCC1O)C(=O)Nc1ccn(C)n1. The number of urea groups is 1. The summed E-state index contributed by atoms with van der Waals surface area (Å²) in [5.74, 6) is 0.741. The van der Waals surface area contributed by atoms with E-state index in [1.165, 1.54) is 0 Å². The predicted octanol–water partition coefficient (Wildman–Crippen LogP) is 1.04. The molecule has 1 aromatic rings. The van der Waals surface area contributed by atoms with E-state index in [-0.39, 0.29) is 18.1 Å². The molecule has 2 N–H and O–H groups in total. The lowest BCUT2D eigenvalue weighted by Gasteiger charge is -2.23. The van der Waals surface area contributed by atoms with E-state index in [0.717, 1.165) is 19.3 Å². The van der Waals surface area contributed by atoms with E-state index >= 15 is 0 Å². The summed E-state index contributed by atoms with van der Waals surface area (Å²) in [6.07, 6.45) is 4.38. The van der Waals surface area contributed by atoms with Crippen molar-refractivity contribution in [3.8, 4) is 0 Å². The minimum absolute atomic E-state index is 0.187. The summed E-state index contributed by atoms with van der Waals surface area (Å²) in [5, 5.41) is 16.6. The lowest BCUT2D eigenvalue weighted by atomic mass is 10.1. The lowest BCUT2D eigenvalue weighted by molar-refractivity contribution is 0.116. The fraction of sp³-hybridized carbons (Fsp3) is 0.667. The second-order valence-corrected chi connectivity index (χ2v) is 4.94. The number of carbonyl (C=O) groups is 1. The topological polar surface area (TPSA) is 70.4 Å². The quantitative estimate of drug-likeness (QED) is 0.844. The van der Waals surface area contributed by atoms with Crippen LogP contribution in [0.3, 0.4) is 0 Å². The van der Waals surface area contributed by atoms with Gasteiger partial charge in [0.1, 0.15) is 0 Å². The molecule has 0 saturated heterocycles. The van der Waals surface area contributed by atoms with Crippen molar-refractivity contribution < 1.29 is 9.90 Å².